The Morgan fingerprint density at radius 3 is 1.90 bits per heavy atom. The van der Waals surface area contributed by atoms with Crippen molar-refractivity contribution in [2.45, 2.75) is 0 Å². The molecular weight excluding hydrogens is 150 g/mol. The van der Waals surface area contributed by atoms with Gasteiger partial charge in [0.2, 0.25) is 0 Å². The first-order valence-electron chi connectivity index (χ1n) is 2.76. The molecule has 10 heavy (non-hydrogen) atoms. The molecule has 0 saturated heterocycles. The minimum absolute atomic E-state index is 0.111. The summed E-state index contributed by atoms with van der Waals surface area (Å²) in [7, 11) is 0. The number of halogens is 1. The molecule has 0 aliphatic rings. The van der Waals surface area contributed by atoms with E-state index in [2.05, 4.69) is 4.98 Å². The zero-order valence-electron chi connectivity index (χ0n) is 5.40. The summed E-state index contributed by atoms with van der Waals surface area (Å²) < 4.78 is 0. The van der Waals surface area contributed by atoms with Gasteiger partial charge in [-0.3, -0.25) is 4.98 Å². The van der Waals surface area contributed by atoms with Crippen LogP contribution in [0.15, 0.2) is 30.6 Å². The first-order chi connectivity index (χ1) is 4.91. The number of hydrogen-bond acceptors (Lipinski definition) is 2. The third-order valence-electron chi connectivity index (χ3n) is 0.629. The van der Waals surface area contributed by atoms with Crippen molar-refractivity contribution in [1.29, 1.82) is 0 Å². The minimum Gasteiger partial charge on any atom is -0.302 e. The van der Waals surface area contributed by atoms with Gasteiger partial charge < -0.3 is 4.79 Å². The van der Waals surface area contributed by atoms with Crippen LogP contribution in [-0.2, 0) is 4.79 Å². The molecular formula is C7H8ClNO. The predicted octanol–water partition coefficient (Wildman–Crippen LogP) is 1.51. The molecule has 1 aromatic rings. The van der Waals surface area contributed by atoms with Crippen molar-refractivity contribution in [3.05, 3.63) is 30.6 Å². The van der Waals surface area contributed by atoms with Crippen molar-refractivity contribution < 1.29 is 4.79 Å². The lowest BCUT2D eigenvalue weighted by Gasteiger charge is -1.70. The summed E-state index contributed by atoms with van der Waals surface area (Å²) in [6, 6.07) is 5.72. The first kappa shape index (κ1) is 9.11. The van der Waals surface area contributed by atoms with Crippen molar-refractivity contribution in [2.24, 2.45) is 0 Å². The van der Waals surface area contributed by atoms with Crippen LogP contribution in [-0.4, -0.2) is 17.2 Å². The Morgan fingerprint density at radius 2 is 1.80 bits per heavy atom. The summed E-state index contributed by atoms with van der Waals surface area (Å²) in [5, 5.41) is 0. The SMILES string of the molecule is O=CCCl.c1ccncc1. The molecule has 1 aromatic heterocycles. The average Bonchev–Trinajstić information content (AvgIpc) is 2.08. The molecule has 0 spiro atoms. The summed E-state index contributed by atoms with van der Waals surface area (Å²) in [6.07, 6.45) is 4.14. The van der Waals surface area contributed by atoms with Gasteiger partial charge in [-0.15, -0.1) is 11.6 Å². The fourth-order valence-corrected chi connectivity index (χ4v) is 0.313. The molecule has 0 aromatic carbocycles. The van der Waals surface area contributed by atoms with Gasteiger partial charge >= 0.3 is 0 Å². The molecule has 0 bridgehead atoms. The molecule has 0 atom stereocenters. The summed E-state index contributed by atoms with van der Waals surface area (Å²) in [6.45, 7) is 0. The van der Waals surface area contributed by atoms with Crippen LogP contribution in [0.1, 0.15) is 0 Å². The summed E-state index contributed by atoms with van der Waals surface area (Å²) >= 11 is 4.82. The number of hydrogen-bond donors (Lipinski definition) is 0. The fraction of sp³-hybridized carbons (Fsp3) is 0.143. The zero-order valence-corrected chi connectivity index (χ0v) is 6.16. The van der Waals surface area contributed by atoms with E-state index in [1.165, 1.54) is 0 Å². The maximum Gasteiger partial charge on any atom is 0.134 e. The molecule has 0 saturated carbocycles. The molecule has 0 fully saturated rings. The number of carbonyl (C=O) groups is 1. The van der Waals surface area contributed by atoms with E-state index in [9.17, 15) is 0 Å². The van der Waals surface area contributed by atoms with Gasteiger partial charge in [-0.25, -0.2) is 0 Å². The Bertz CT molecular complexity index is 128. The number of nitrogens with zero attached hydrogens (tertiary/aromatic N) is 1. The summed E-state index contributed by atoms with van der Waals surface area (Å²) in [4.78, 5) is 12.8. The van der Waals surface area contributed by atoms with Crippen LogP contribution in [0.3, 0.4) is 0 Å². The quantitative estimate of drug-likeness (QED) is 0.457. The molecule has 0 radical (unpaired) electrons. The highest BCUT2D eigenvalue weighted by Crippen LogP contribution is 1.73. The third-order valence-corrected chi connectivity index (χ3v) is 0.755. The molecule has 3 heteroatoms. The van der Waals surface area contributed by atoms with Gasteiger partial charge in [0, 0.05) is 12.4 Å². The first-order valence-corrected chi connectivity index (χ1v) is 3.30. The molecule has 1 rings (SSSR count). The smallest absolute Gasteiger partial charge is 0.134 e. The normalized spacial score (nSPS) is 7.30. The van der Waals surface area contributed by atoms with Crippen LogP contribution in [0.4, 0.5) is 0 Å². The summed E-state index contributed by atoms with van der Waals surface area (Å²) in [5.74, 6) is 0.111. The lowest BCUT2D eigenvalue weighted by molar-refractivity contribution is -0.105. The highest BCUT2D eigenvalue weighted by atomic mass is 35.5. The third kappa shape index (κ3) is 7.11. The Morgan fingerprint density at radius 1 is 1.30 bits per heavy atom. The van der Waals surface area contributed by atoms with Crippen LogP contribution >= 0.6 is 11.6 Å². The lowest BCUT2D eigenvalue weighted by atomic mass is 10.5. The van der Waals surface area contributed by atoms with E-state index in [0.29, 0.717) is 6.29 Å². The Kier molecular flexibility index (Phi) is 7.39. The largest absolute Gasteiger partial charge is 0.302 e. The number of rotatable bonds is 1. The maximum atomic E-state index is 9.04. The van der Waals surface area contributed by atoms with Gasteiger partial charge in [0.15, 0.2) is 0 Å². The molecule has 54 valence electrons. The topological polar surface area (TPSA) is 30.0 Å². The molecule has 2 nitrogen and oxygen atoms in total. The van der Waals surface area contributed by atoms with Crippen LogP contribution in [0.2, 0.25) is 0 Å². The second-order valence-corrected chi connectivity index (χ2v) is 1.65. The van der Waals surface area contributed by atoms with E-state index in [1.54, 1.807) is 12.4 Å². The molecule has 0 aliphatic heterocycles. The van der Waals surface area contributed by atoms with E-state index < -0.39 is 0 Å². The van der Waals surface area contributed by atoms with Gasteiger partial charge in [0.25, 0.3) is 0 Å². The van der Waals surface area contributed by atoms with Crippen molar-refractivity contribution >= 4 is 17.9 Å². The van der Waals surface area contributed by atoms with Gasteiger partial charge in [-0.1, -0.05) is 6.07 Å². The number of aromatic nitrogens is 1. The Balaban J connectivity index is 0.000000180. The van der Waals surface area contributed by atoms with Crippen molar-refractivity contribution in [3.63, 3.8) is 0 Å². The molecule has 0 N–H and O–H groups in total. The van der Waals surface area contributed by atoms with Crippen LogP contribution in [0, 0.1) is 0 Å². The second kappa shape index (κ2) is 8.11. The number of alkyl halides is 1. The number of carbonyl (C=O) groups excluding carboxylic acids is 1. The van der Waals surface area contributed by atoms with Crippen molar-refractivity contribution in [3.8, 4) is 0 Å². The average molecular weight is 158 g/mol. The summed E-state index contributed by atoms with van der Waals surface area (Å²) in [5.41, 5.74) is 0. The zero-order chi connectivity index (χ0) is 7.66. The predicted molar refractivity (Wildman–Crippen MR) is 41.0 cm³/mol. The van der Waals surface area contributed by atoms with E-state index in [0.717, 1.165) is 0 Å². The van der Waals surface area contributed by atoms with Gasteiger partial charge in [-0.05, 0) is 12.1 Å². The van der Waals surface area contributed by atoms with E-state index in [1.807, 2.05) is 18.2 Å². The van der Waals surface area contributed by atoms with Crippen LogP contribution < -0.4 is 0 Å². The molecule has 0 unspecified atom stereocenters. The van der Waals surface area contributed by atoms with Crippen LogP contribution in [0.5, 0.6) is 0 Å². The van der Waals surface area contributed by atoms with Gasteiger partial charge in [-0.2, -0.15) is 0 Å². The minimum atomic E-state index is 0.111. The van der Waals surface area contributed by atoms with Gasteiger partial charge in [0.05, 0.1) is 5.88 Å². The van der Waals surface area contributed by atoms with E-state index in [-0.39, 0.29) is 5.88 Å². The van der Waals surface area contributed by atoms with E-state index >= 15 is 0 Å². The maximum absolute atomic E-state index is 9.04. The fourth-order valence-electron chi connectivity index (χ4n) is 0.313. The van der Waals surface area contributed by atoms with E-state index in [4.69, 9.17) is 16.4 Å². The highest BCUT2D eigenvalue weighted by molar-refractivity contribution is 6.24. The molecule has 1 heterocycles. The van der Waals surface area contributed by atoms with Crippen LogP contribution in [0.25, 0.3) is 0 Å². The number of pyridine rings is 1. The lowest BCUT2D eigenvalue weighted by Crippen LogP contribution is -1.63. The Hall–Kier alpha value is -0.890. The molecule has 0 aliphatic carbocycles. The number of aldehydes is 1. The monoisotopic (exact) mass is 157 g/mol. The molecule has 0 amide bonds. The van der Waals surface area contributed by atoms with Crippen molar-refractivity contribution in [1.82, 2.24) is 4.98 Å². The highest BCUT2D eigenvalue weighted by Gasteiger charge is 1.58. The van der Waals surface area contributed by atoms with Crippen molar-refractivity contribution in [2.75, 3.05) is 5.88 Å². The van der Waals surface area contributed by atoms with Gasteiger partial charge in [0.1, 0.15) is 6.29 Å². The standard InChI is InChI=1S/C5H5N.C2H3ClO/c1-2-4-6-5-3-1;3-1-2-4/h1-5H;2H,1H2. The second-order valence-electron chi connectivity index (χ2n) is 1.35. The Labute approximate surface area is 64.9 Å².